The molecular weight excluding hydrogens is 351 g/mol. The summed E-state index contributed by atoms with van der Waals surface area (Å²) in [5, 5.41) is 4.78. The standard InChI is InChI=1S/C18H26N2.Pd/c1-12(2)11-17-18(15(6)19-20(17)13(3)4)16-9-7-14(5)8-10-16;/h7-10,12-13H,11H2,1-6H3;. The Balaban J connectivity index is 0.00000220. The van der Waals surface area contributed by atoms with E-state index in [1.165, 1.54) is 22.4 Å². The first kappa shape index (κ1) is 18.1. The van der Waals surface area contributed by atoms with Gasteiger partial charge in [-0.25, -0.2) is 0 Å². The molecule has 1 aromatic carbocycles. The van der Waals surface area contributed by atoms with Crippen LogP contribution in [0.15, 0.2) is 24.3 Å². The van der Waals surface area contributed by atoms with Crippen LogP contribution in [0.25, 0.3) is 11.1 Å². The quantitative estimate of drug-likeness (QED) is 0.691. The van der Waals surface area contributed by atoms with Gasteiger partial charge in [-0.3, -0.25) is 4.68 Å². The molecule has 2 rings (SSSR count). The number of hydrogen-bond donors (Lipinski definition) is 0. The molecule has 0 aliphatic heterocycles. The number of aryl methyl sites for hydroxylation is 2. The zero-order chi connectivity index (χ0) is 14.9. The molecule has 1 aromatic heterocycles. The molecule has 2 aromatic rings. The SMILES string of the molecule is Cc1ccc(-c2c(C)nn(C(C)C)c2CC(C)C)cc1.[Pd]. The number of benzene rings is 1. The number of aromatic nitrogens is 2. The van der Waals surface area contributed by atoms with E-state index >= 15 is 0 Å². The summed E-state index contributed by atoms with van der Waals surface area (Å²) >= 11 is 0. The molecule has 1 heterocycles. The second-order valence-corrected chi connectivity index (χ2v) is 6.41. The van der Waals surface area contributed by atoms with E-state index in [-0.39, 0.29) is 20.4 Å². The third-order valence-electron chi connectivity index (χ3n) is 3.62. The first-order chi connectivity index (χ1) is 9.40. The van der Waals surface area contributed by atoms with Crippen molar-refractivity contribution in [3.05, 3.63) is 41.2 Å². The van der Waals surface area contributed by atoms with Crippen LogP contribution in [0.5, 0.6) is 0 Å². The summed E-state index contributed by atoms with van der Waals surface area (Å²) in [6.07, 6.45) is 1.07. The van der Waals surface area contributed by atoms with Gasteiger partial charge in [-0.1, -0.05) is 43.7 Å². The van der Waals surface area contributed by atoms with E-state index in [9.17, 15) is 0 Å². The molecule has 0 spiro atoms. The topological polar surface area (TPSA) is 17.8 Å². The third-order valence-corrected chi connectivity index (χ3v) is 3.62. The zero-order valence-corrected chi connectivity index (χ0v) is 15.4. The van der Waals surface area contributed by atoms with E-state index in [0.29, 0.717) is 12.0 Å². The summed E-state index contributed by atoms with van der Waals surface area (Å²) in [6.45, 7) is 13.2. The Morgan fingerprint density at radius 1 is 1.00 bits per heavy atom. The van der Waals surface area contributed by atoms with E-state index in [4.69, 9.17) is 5.10 Å². The second-order valence-electron chi connectivity index (χ2n) is 6.41. The van der Waals surface area contributed by atoms with Crippen molar-refractivity contribution in [2.24, 2.45) is 5.92 Å². The molecule has 3 heteroatoms. The molecule has 0 aliphatic carbocycles. The Morgan fingerprint density at radius 2 is 1.57 bits per heavy atom. The van der Waals surface area contributed by atoms with Crippen molar-refractivity contribution in [1.29, 1.82) is 0 Å². The number of hydrogen-bond acceptors (Lipinski definition) is 1. The monoisotopic (exact) mass is 376 g/mol. The summed E-state index contributed by atoms with van der Waals surface area (Å²) in [5.41, 5.74) is 6.42. The van der Waals surface area contributed by atoms with Crippen molar-refractivity contribution in [2.75, 3.05) is 0 Å². The van der Waals surface area contributed by atoms with Gasteiger partial charge in [0.2, 0.25) is 0 Å². The maximum atomic E-state index is 4.78. The Labute approximate surface area is 142 Å². The largest absolute Gasteiger partial charge is 0.266 e. The molecule has 0 unspecified atom stereocenters. The molecule has 21 heavy (non-hydrogen) atoms. The van der Waals surface area contributed by atoms with E-state index < -0.39 is 0 Å². The predicted molar refractivity (Wildman–Crippen MR) is 86.1 cm³/mol. The minimum Gasteiger partial charge on any atom is -0.266 e. The van der Waals surface area contributed by atoms with Crippen LogP contribution in [0.1, 0.15) is 50.7 Å². The first-order valence-corrected chi connectivity index (χ1v) is 7.55. The van der Waals surface area contributed by atoms with E-state index in [0.717, 1.165) is 12.1 Å². The van der Waals surface area contributed by atoms with E-state index in [1.807, 2.05) is 0 Å². The van der Waals surface area contributed by atoms with Crippen molar-refractivity contribution < 1.29 is 20.4 Å². The summed E-state index contributed by atoms with van der Waals surface area (Å²) in [7, 11) is 0. The van der Waals surface area contributed by atoms with Crippen molar-refractivity contribution >= 4 is 0 Å². The molecule has 118 valence electrons. The van der Waals surface area contributed by atoms with Gasteiger partial charge in [0.25, 0.3) is 0 Å². The molecule has 0 aliphatic rings. The molecule has 2 nitrogen and oxygen atoms in total. The first-order valence-electron chi connectivity index (χ1n) is 7.55. The summed E-state index contributed by atoms with van der Waals surface area (Å²) < 4.78 is 2.20. The predicted octanol–water partition coefficient (Wildman–Crippen LogP) is 4.94. The smallest absolute Gasteiger partial charge is 0.0675 e. The van der Waals surface area contributed by atoms with Crippen molar-refractivity contribution in [2.45, 2.75) is 54.0 Å². The minimum absolute atomic E-state index is 0. The fraction of sp³-hybridized carbons (Fsp3) is 0.500. The third kappa shape index (κ3) is 4.05. The van der Waals surface area contributed by atoms with Crippen LogP contribution in [0.4, 0.5) is 0 Å². The molecule has 0 bridgehead atoms. The Bertz CT molecular complexity index is 580. The molecule has 0 saturated carbocycles. The van der Waals surface area contributed by atoms with Crippen molar-refractivity contribution in [3.8, 4) is 11.1 Å². The van der Waals surface area contributed by atoms with E-state index in [2.05, 4.69) is 70.5 Å². The maximum absolute atomic E-state index is 4.78. The summed E-state index contributed by atoms with van der Waals surface area (Å²) in [4.78, 5) is 0. The second kappa shape index (κ2) is 7.38. The molecule has 0 fully saturated rings. The average Bonchev–Trinajstić information content (AvgIpc) is 2.67. The number of nitrogens with zero attached hydrogens (tertiary/aromatic N) is 2. The molecule has 0 N–H and O–H groups in total. The van der Waals surface area contributed by atoms with Crippen molar-refractivity contribution in [3.63, 3.8) is 0 Å². The van der Waals surface area contributed by atoms with Crippen LogP contribution in [-0.4, -0.2) is 9.78 Å². The molecule has 0 radical (unpaired) electrons. The van der Waals surface area contributed by atoms with Gasteiger partial charge >= 0.3 is 0 Å². The maximum Gasteiger partial charge on any atom is 0.0675 e. The van der Waals surface area contributed by atoms with Crippen LogP contribution in [0, 0.1) is 19.8 Å². The Hall–Kier alpha value is -0.908. The minimum atomic E-state index is 0. The van der Waals surface area contributed by atoms with Gasteiger partial charge in [0.1, 0.15) is 0 Å². The van der Waals surface area contributed by atoms with E-state index in [1.54, 1.807) is 0 Å². The van der Waals surface area contributed by atoms with Crippen LogP contribution in [0.3, 0.4) is 0 Å². The van der Waals surface area contributed by atoms with Crippen LogP contribution >= 0.6 is 0 Å². The van der Waals surface area contributed by atoms with Gasteiger partial charge in [0, 0.05) is 37.7 Å². The van der Waals surface area contributed by atoms with Gasteiger partial charge in [0.15, 0.2) is 0 Å². The summed E-state index contributed by atoms with van der Waals surface area (Å²) in [6, 6.07) is 9.20. The molecule has 0 saturated heterocycles. The zero-order valence-electron chi connectivity index (χ0n) is 13.9. The fourth-order valence-corrected chi connectivity index (χ4v) is 2.70. The van der Waals surface area contributed by atoms with Crippen molar-refractivity contribution in [1.82, 2.24) is 9.78 Å². The average molecular weight is 377 g/mol. The normalized spacial score (nSPS) is 11.0. The van der Waals surface area contributed by atoms with Gasteiger partial charge in [-0.15, -0.1) is 0 Å². The van der Waals surface area contributed by atoms with Gasteiger partial charge in [-0.2, -0.15) is 5.10 Å². The van der Waals surface area contributed by atoms with Gasteiger partial charge < -0.3 is 0 Å². The fourth-order valence-electron chi connectivity index (χ4n) is 2.70. The molecule has 0 atom stereocenters. The number of rotatable bonds is 4. The van der Waals surface area contributed by atoms with Crippen LogP contribution in [-0.2, 0) is 26.8 Å². The molecule has 0 amide bonds. The molecular formula is C18H26N2Pd. The Morgan fingerprint density at radius 3 is 2.05 bits per heavy atom. The van der Waals surface area contributed by atoms with Gasteiger partial charge in [-0.05, 0) is 45.6 Å². The van der Waals surface area contributed by atoms with Crippen LogP contribution < -0.4 is 0 Å². The van der Waals surface area contributed by atoms with Gasteiger partial charge in [0.05, 0.1) is 5.69 Å². The summed E-state index contributed by atoms with van der Waals surface area (Å²) in [5.74, 6) is 0.632. The Kier molecular flexibility index (Phi) is 6.38. The van der Waals surface area contributed by atoms with Crippen LogP contribution in [0.2, 0.25) is 0 Å².